The minimum atomic E-state index is -0.468. The van der Waals surface area contributed by atoms with Crippen molar-refractivity contribution in [3.05, 3.63) is 158 Å². The van der Waals surface area contributed by atoms with Crippen LogP contribution in [0.2, 0.25) is 0 Å². The lowest BCUT2D eigenvalue weighted by molar-refractivity contribution is 0.670. The molecule has 0 aliphatic heterocycles. The first kappa shape index (κ1) is 18.0. The molecule has 0 aliphatic carbocycles. The van der Waals surface area contributed by atoms with Crippen LogP contribution < -0.4 is 0 Å². The van der Waals surface area contributed by atoms with Crippen molar-refractivity contribution in [1.29, 1.82) is 0 Å². The highest BCUT2D eigenvalue weighted by molar-refractivity contribution is 6.24. The lowest BCUT2D eigenvalue weighted by atomic mass is 9.85. The lowest BCUT2D eigenvalue weighted by Gasteiger charge is -2.18. The van der Waals surface area contributed by atoms with Crippen molar-refractivity contribution in [1.82, 2.24) is 0 Å². The monoisotopic (exact) mass is 553 g/mol. The molecule has 0 saturated carbocycles. The highest BCUT2D eigenvalue weighted by atomic mass is 16.3. The summed E-state index contributed by atoms with van der Waals surface area (Å²) in [4.78, 5) is 0. The molecule has 0 bridgehead atoms. The lowest BCUT2D eigenvalue weighted by Crippen LogP contribution is -1.91. The van der Waals surface area contributed by atoms with Crippen molar-refractivity contribution in [2.24, 2.45) is 0 Å². The Bertz CT molecular complexity index is 2840. The van der Waals surface area contributed by atoms with Gasteiger partial charge in [0, 0.05) is 21.9 Å². The summed E-state index contributed by atoms with van der Waals surface area (Å²) in [5, 5.41) is 6.21. The van der Waals surface area contributed by atoms with E-state index in [1.165, 1.54) is 0 Å². The standard InChI is InChI=1S/C42H26O/c1-2-16-30-27(12-1)13-10-22-31(30)28-14-9-15-29(26-28)40-33-18-3-5-20-35(33)41(36-21-6-4-19-34(36)40)38-24-11-23-37-32-17-7-8-25-39(32)43-42(37)38/h1-26H/i1D,2D,10D,12D,13D,16D,22D. The van der Waals surface area contributed by atoms with Gasteiger partial charge in [0.25, 0.3) is 0 Å². The Hall–Kier alpha value is -5.66. The van der Waals surface area contributed by atoms with E-state index in [-0.39, 0.29) is 46.5 Å². The van der Waals surface area contributed by atoms with Crippen LogP contribution >= 0.6 is 0 Å². The average Bonchev–Trinajstić information content (AvgIpc) is 3.53. The molecule has 1 heterocycles. The zero-order valence-electron chi connectivity index (χ0n) is 29.9. The summed E-state index contributed by atoms with van der Waals surface area (Å²) in [5.74, 6) is 0. The van der Waals surface area contributed by atoms with Gasteiger partial charge < -0.3 is 4.42 Å². The smallest absolute Gasteiger partial charge is 0.143 e. The van der Waals surface area contributed by atoms with Crippen LogP contribution in [-0.4, -0.2) is 0 Å². The molecule has 8 aromatic carbocycles. The van der Waals surface area contributed by atoms with Crippen LogP contribution in [0.4, 0.5) is 0 Å². The fourth-order valence-electron chi connectivity index (χ4n) is 6.53. The molecule has 0 radical (unpaired) electrons. The Balaban J connectivity index is 1.36. The minimum Gasteiger partial charge on any atom is -0.455 e. The number of para-hydroxylation sites is 2. The van der Waals surface area contributed by atoms with Gasteiger partial charge in [-0.25, -0.2) is 0 Å². The maximum atomic E-state index is 8.94. The van der Waals surface area contributed by atoms with Gasteiger partial charge in [0.2, 0.25) is 0 Å². The van der Waals surface area contributed by atoms with E-state index in [9.17, 15) is 0 Å². The number of benzene rings is 8. The van der Waals surface area contributed by atoms with Crippen LogP contribution in [0.1, 0.15) is 9.60 Å². The molecule has 0 unspecified atom stereocenters. The summed E-state index contributed by atoms with van der Waals surface area (Å²) in [6, 6.07) is 35.8. The molecule has 1 nitrogen and oxygen atoms in total. The molecule has 0 N–H and O–H groups in total. The molecule has 0 saturated heterocycles. The molecule has 0 spiro atoms. The van der Waals surface area contributed by atoms with E-state index < -0.39 is 12.1 Å². The molecule has 0 atom stereocenters. The van der Waals surface area contributed by atoms with Crippen molar-refractivity contribution in [3.63, 3.8) is 0 Å². The van der Waals surface area contributed by atoms with Gasteiger partial charge in [-0.3, -0.25) is 0 Å². The second kappa shape index (κ2) is 9.44. The zero-order valence-corrected chi connectivity index (χ0v) is 22.9. The predicted molar refractivity (Wildman–Crippen MR) is 183 cm³/mol. The Morgan fingerprint density at radius 1 is 0.419 bits per heavy atom. The van der Waals surface area contributed by atoms with Crippen LogP contribution in [0, 0.1) is 0 Å². The van der Waals surface area contributed by atoms with E-state index in [2.05, 4.69) is 48.5 Å². The predicted octanol–water partition coefficient (Wildman–Crippen LogP) is 12.0. The number of furan rings is 1. The van der Waals surface area contributed by atoms with E-state index in [0.29, 0.717) is 5.56 Å². The topological polar surface area (TPSA) is 13.1 Å². The summed E-state index contributed by atoms with van der Waals surface area (Å²) in [5.41, 5.74) is 6.25. The highest BCUT2D eigenvalue weighted by Crippen LogP contribution is 2.46. The zero-order chi connectivity index (χ0) is 34.4. The molecule has 9 rings (SSSR count). The first-order valence-electron chi connectivity index (χ1n) is 17.7. The Labute approximate surface area is 259 Å². The van der Waals surface area contributed by atoms with Crippen molar-refractivity contribution in [2.45, 2.75) is 0 Å². The second-order valence-electron chi connectivity index (χ2n) is 10.7. The first-order valence-corrected chi connectivity index (χ1v) is 14.2. The van der Waals surface area contributed by atoms with E-state index >= 15 is 0 Å². The quantitative estimate of drug-likeness (QED) is 0.198. The minimum absolute atomic E-state index is 0.0579. The summed E-state index contributed by atoms with van der Waals surface area (Å²) in [6.07, 6.45) is 0. The van der Waals surface area contributed by atoms with E-state index in [4.69, 9.17) is 14.0 Å². The molecule has 1 heteroatoms. The largest absolute Gasteiger partial charge is 0.455 e. The Kier molecular flexibility index (Phi) is 3.95. The molecule has 0 aliphatic rings. The third kappa shape index (κ3) is 3.65. The SMILES string of the molecule is [2H]c1c([2H])c([2H])c2c(-c3cccc(-c4c5ccccc5c(-c5cccc6c5oc5ccccc56)c5ccccc45)c3)c([2H])c([2H])c([2H])c2c1[2H]. The molecule has 1 aromatic heterocycles. The van der Waals surface area contributed by atoms with E-state index in [0.717, 1.165) is 65.7 Å². The van der Waals surface area contributed by atoms with Crippen LogP contribution in [0.5, 0.6) is 0 Å². The van der Waals surface area contributed by atoms with Gasteiger partial charge in [0.1, 0.15) is 11.2 Å². The van der Waals surface area contributed by atoms with Crippen LogP contribution in [0.15, 0.2) is 162 Å². The maximum Gasteiger partial charge on any atom is 0.143 e. The fraction of sp³-hybridized carbons (Fsp3) is 0. The van der Waals surface area contributed by atoms with Gasteiger partial charge in [-0.05, 0) is 66.7 Å². The van der Waals surface area contributed by atoms with Crippen molar-refractivity contribution < 1.29 is 14.0 Å². The van der Waals surface area contributed by atoms with Crippen LogP contribution in [-0.2, 0) is 0 Å². The number of hydrogen-bond donors (Lipinski definition) is 0. The molecular weight excluding hydrogens is 520 g/mol. The summed E-state index contributed by atoms with van der Waals surface area (Å²) in [7, 11) is 0. The van der Waals surface area contributed by atoms with Crippen molar-refractivity contribution >= 4 is 54.3 Å². The molecule has 9 aromatic rings. The van der Waals surface area contributed by atoms with Gasteiger partial charge in [-0.1, -0.05) is 145 Å². The molecule has 43 heavy (non-hydrogen) atoms. The van der Waals surface area contributed by atoms with Crippen LogP contribution in [0.3, 0.4) is 0 Å². The fourth-order valence-corrected chi connectivity index (χ4v) is 6.53. The van der Waals surface area contributed by atoms with Gasteiger partial charge in [-0.2, -0.15) is 0 Å². The van der Waals surface area contributed by atoms with Gasteiger partial charge >= 0.3 is 0 Å². The summed E-state index contributed by atoms with van der Waals surface area (Å²) < 4.78 is 66.6. The first-order chi connectivity index (χ1) is 24.3. The van der Waals surface area contributed by atoms with Crippen molar-refractivity contribution in [3.8, 4) is 33.4 Å². The average molecular weight is 554 g/mol. The summed E-state index contributed by atoms with van der Waals surface area (Å²) >= 11 is 0. The number of fused-ring (bicyclic) bond motifs is 6. The summed E-state index contributed by atoms with van der Waals surface area (Å²) in [6.45, 7) is 0. The van der Waals surface area contributed by atoms with E-state index in [1.807, 2.05) is 60.7 Å². The Morgan fingerprint density at radius 3 is 1.81 bits per heavy atom. The van der Waals surface area contributed by atoms with Gasteiger partial charge in [0.15, 0.2) is 0 Å². The van der Waals surface area contributed by atoms with Gasteiger partial charge in [-0.15, -0.1) is 0 Å². The van der Waals surface area contributed by atoms with E-state index in [1.54, 1.807) is 6.07 Å². The van der Waals surface area contributed by atoms with Gasteiger partial charge in [0.05, 0.1) is 9.60 Å². The Morgan fingerprint density at radius 2 is 1.02 bits per heavy atom. The molecule has 0 amide bonds. The van der Waals surface area contributed by atoms with Crippen molar-refractivity contribution in [2.75, 3.05) is 0 Å². The number of hydrogen-bond acceptors (Lipinski definition) is 1. The normalized spacial score (nSPS) is 14.0. The molecular formula is C42H26O. The third-order valence-corrected chi connectivity index (χ3v) is 8.36. The number of rotatable bonds is 3. The van der Waals surface area contributed by atoms with Crippen LogP contribution in [0.25, 0.3) is 87.6 Å². The third-order valence-electron chi connectivity index (χ3n) is 8.36. The highest BCUT2D eigenvalue weighted by Gasteiger charge is 2.20. The second-order valence-corrected chi connectivity index (χ2v) is 10.7. The molecule has 0 fully saturated rings. The maximum absolute atomic E-state index is 8.94. The molecule has 200 valence electrons.